The molecule has 5 rings (SSSR count). The minimum Gasteiger partial charge on any atom is -0.385 e. The number of hydrogen-bond donors (Lipinski definition) is 1. The first-order chi connectivity index (χ1) is 12.9. The van der Waals surface area contributed by atoms with Crippen molar-refractivity contribution in [2.45, 2.75) is 77.2 Å². The first-order valence-electron chi connectivity index (χ1n) is 11.2. The number of aliphatic hydroxyl groups is 1. The second-order valence-electron chi connectivity index (χ2n) is 10.7. The molecule has 1 N–H and O–H groups in total. The quantitative estimate of drug-likeness (QED) is 0.714. The fourth-order valence-corrected chi connectivity index (χ4v) is 8.03. The SMILES string of the molecule is C[C@]12CC[C@](O)(c3ccccc3)CC1CCC1C2CC[C@]2(C)C(=O)CCC12. The third kappa shape index (κ3) is 2.44. The Labute approximate surface area is 163 Å². The number of carbonyl (C=O) groups is 1. The summed E-state index contributed by atoms with van der Waals surface area (Å²) in [4.78, 5) is 12.6. The summed E-state index contributed by atoms with van der Waals surface area (Å²) in [6.07, 6.45) is 9.69. The highest BCUT2D eigenvalue weighted by atomic mass is 16.3. The number of carbonyl (C=O) groups excluding carboxylic acids is 1. The maximum Gasteiger partial charge on any atom is 0.139 e. The molecule has 4 fully saturated rings. The molecule has 0 spiro atoms. The van der Waals surface area contributed by atoms with E-state index in [0.717, 1.165) is 55.9 Å². The van der Waals surface area contributed by atoms with E-state index in [1.165, 1.54) is 19.3 Å². The fraction of sp³-hybridized carbons (Fsp3) is 0.720. The van der Waals surface area contributed by atoms with E-state index in [9.17, 15) is 9.90 Å². The zero-order valence-electron chi connectivity index (χ0n) is 16.9. The smallest absolute Gasteiger partial charge is 0.139 e. The van der Waals surface area contributed by atoms with Crippen LogP contribution in [-0.4, -0.2) is 10.9 Å². The Kier molecular flexibility index (Phi) is 3.93. The predicted molar refractivity (Wildman–Crippen MR) is 107 cm³/mol. The summed E-state index contributed by atoms with van der Waals surface area (Å²) in [5, 5.41) is 11.5. The second-order valence-corrected chi connectivity index (χ2v) is 10.7. The molecule has 4 unspecified atom stereocenters. The van der Waals surface area contributed by atoms with E-state index in [-0.39, 0.29) is 5.41 Å². The van der Waals surface area contributed by atoms with Gasteiger partial charge in [-0.25, -0.2) is 0 Å². The maximum atomic E-state index is 12.6. The van der Waals surface area contributed by atoms with Crippen LogP contribution in [0.1, 0.15) is 77.2 Å². The molecular formula is C25H34O2. The molecular weight excluding hydrogens is 332 g/mol. The molecule has 0 bridgehead atoms. The number of fused-ring (bicyclic) bond motifs is 5. The molecule has 146 valence electrons. The lowest BCUT2D eigenvalue weighted by Gasteiger charge is -2.61. The highest BCUT2D eigenvalue weighted by molar-refractivity contribution is 5.87. The van der Waals surface area contributed by atoms with Crippen LogP contribution in [0.4, 0.5) is 0 Å². The minimum absolute atomic E-state index is 0.0240. The summed E-state index contributed by atoms with van der Waals surface area (Å²) in [6.45, 7) is 4.80. The average molecular weight is 367 g/mol. The van der Waals surface area contributed by atoms with E-state index in [2.05, 4.69) is 38.1 Å². The highest BCUT2D eigenvalue weighted by Crippen LogP contribution is 2.66. The standard InChI is InChI=1S/C25H34O2/c1-23-14-15-25(27,17-6-4-3-5-7-17)16-18(23)8-9-19-20-10-11-22(26)24(20,2)13-12-21(19)23/h3-7,18-21,27H,8-16H2,1-2H3/t18?,19?,20?,21?,23-,24-,25+/m0/s1. The van der Waals surface area contributed by atoms with Gasteiger partial charge in [-0.2, -0.15) is 0 Å². The van der Waals surface area contributed by atoms with Crippen molar-refractivity contribution in [1.82, 2.24) is 0 Å². The van der Waals surface area contributed by atoms with E-state index < -0.39 is 5.60 Å². The van der Waals surface area contributed by atoms with Crippen molar-refractivity contribution in [3.05, 3.63) is 35.9 Å². The van der Waals surface area contributed by atoms with Gasteiger partial charge >= 0.3 is 0 Å². The van der Waals surface area contributed by atoms with Crippen molar-refractivity contribution < 1.29 is 9.90 Å². The van der Waals surface area contributed by atoms with Crippen molar-refractivity contribution in [1.29, 1.82) is 0 Å². The lowest BCUT2D eigenvalue weighted by molar-refractivity contribution is -0.155. The first-order valence-corrected chi connectivity index (χ1v) is 11.2. The zero-order chi connectivity index (χ0) is 18.9. The summed E-state index contributed by atoms with van der Waals surface area (Å²) in [5.74, 6) is 3.26. The number of rotatable bonds is 1. The Balaban J connectivity index is 1.42. The largest absolute Gasteiger partial charge is 0.385 e. The minimum atomic E-state index is -0.648. The van der Waals surface area contributed by atoms with Crippen LogP contribution in [-0.2, 0) is 10.4 Å². The van der Waals surface area contributed by atoms with Gasteiger partial charge in [-0.05, 0) is 86.0 Å². The Morgan fingerprint density at radius 3 is 2.48 bits per heavy atom. The van der Waals surface area contributed by atoms with Gasteiger partial charge in [0, 0.05) is 11.8 Å². The van der Waals surface area contributed by atoms with Gasteiger partial charge in [0.05, 0.1) is 5.60 Å². The number of ketones is 1. The lowest BCUT2D eigenvalue weighted by Crippen LogP contribution is -2.55. The van der Waals surface area contributed by atoms with Gasteiger partial charge in [0.2, 0.25) is 0 Å². The van der Waals surface area contributed by atoms with Crippen LogP contribution in [0.2, 0.25) is 0 Å². The number of benzene rings is 1. The van der Waals surface area contributed by atoms with Crippen LogP contribution in [0.25, 0.3) is 0 Å². The summed E-state index contributed by atoms with van der Waals surface area (Å²) in [7, 11) is 0. The van der Waals surface area contributed by atoms with E-state index >= 15 is 0 Å². The molecule has 0 radical (unpaired) electrons. The third-order valence-electron chi connectivity index (χ3n) is 9.75. The van der Waals surface area contributed by atoms with Crippen molar-refractivity contribution in [3.63, 3.8) is 0 Å². The molecule has 27 heavy (non-hydrogen) atoms. The molecule has 0 saturated heterocycles. The molecule has 4 aliphatic rings. The second kappa shape index (κ2) is 5.92. The summed E-state index contributed by atoms with van der Waals surface area (Å²) < 4.78 is 0. The highest BCUT2D eigenvalue weighted by Gasteiger charge is 2.61. The van der Waals surface area contributed by atoms with E-state index in [4.69, 9.17) is 0 Å². The van der Waals surface area contributed by atoms with E-state index in [1.54, 1.807) is 0 Å². The molecule has 0 aliphatic heterocycles. The molecule has 0 aromatic heterocycles. The molecule has 7 atom stereocenters. The lowest BCUT2D eigenvalue weighted by atomic mass is 9.44. The van der Waals surface area contributed by atoms with Gasteiger partial charge < -0.3 is 5.11 Å². The zero-order valence-corrected chi connectivity index (χ0v) is 16.9. The molecule has 1 aromatic rings. The summed E-state index contributed by atoms with van der Waals surface area (Å²) in [5.41, 5.74) is 0.776. The number of Topliss-reactive ketones (excluding diaryl/α,β-unsaturated/α-hetero) is 1. The predicted octanol–water partition coefficient (Wildman–Crippen LogP) is 5.49. The molecule has 4 aliphatic carbocycles. The normalized spacial score (nSPS) is 49.2. The molecule has 2 heteroatoms. The Hall–Kier alpha value is -1.15. The van der Waals surface area contributed by atoms with Crippen LogP contribution < -0.4 is 0 Å². The van der Waals surface area contributed by atoms with E-state index in [0.29, 0.717) is 23.0 Å². The Morgan fingerprint density at radius 1 is 0.926 bits per heavy atom. The van der Waals surface area contributed by atoms with Crippen molar-refractivity contribution >= 4 is 5.78 Å². The third-order valence-corrected chi connectivity index (χ3v) is 9.75. The molecule has 2 nitrogen and oxygen atoms in total. The monoisotopic (exact) mass is 366 g/mol. The first kappa shape index (κ1) is 17.9. The molecule has 4 saturated carbocycles. The van der Waals surface area contributed by atoms with Gasteiger partial charge in [-0.15, -0.1) is 0 Å². The van der Waals surface area contributed by atoms with Gasteiger partial charge in [-0.3, -0.25) is 4.79 Å². The molecule has 1 aromatic carbocycles. The average Bonchev–Trinajstić information content (AvgIpc) is 2.98. The summed E-state index contributed by atoms with van der Waals surface area (Å²) in [6, 6.07) is 10.3. The van der Waals surface area contributed by atoms with Crippen LogP contribution in [0.5, 0.6) is 0 Å². The maximum absolute atomic E-state index is 12.6. The van der Waals surface area contributed by atoms with Gasteiger partial charge in [0.25, 0.3) is 0 Å². The van der Waals surface area contributed by atoms with Crippen molar-refractivity contribution in [2.75, 3.05) is 0 Å². The summed E-state index contributed by atoms with van der Waals surface area (Å²) >= 11 is 0. The van der Waals surface area contributed by atoms with Gasteiger partial charge in [0.15, 0.2) is 0 Å². The Bertz CT molecular complexity index is 742. The fourth-order valence-electron chi connectivity index (χ4n) is 8.03. The Morgan fingerprint density at radius 2 is 1.70 bits per heavy atom. The van der Waals surface area contributed by atoms with Gasteiger partial charge in [0.1, 0.15) is 5.78 Å². The van der Waals surface area contributed by atoms with Gasteiger partial charge in [-0.1, -0.05) is 44.2 Å². The van der Waals surface area contributed by atoms with Crippen molar-refractivity contribution in [3.8, 4) is 0 Å². The number of hydrogen-bond acceptors (Lipinski definition) is 2. The van der Waals surface area contributed by atoms with Crippen LogP contribution in [0.3, 0.4) is 0 Å². The molecule has 0 heterocycles. The van der Waals surface area contributed by atoms with Crippen LogP contribution >= 0.6 is 0 Å². The van der Waals surface area contributed by atoms with E-state index in [1.807, 2.05) is 6.07 Å². The molecule has 0 amide bonds. The van der Waals surface area contributed by atoms with Crippen LogP contribution in [0.15, 0.2) is 30.3 Å². The van der Waals surface area contributed by atoms with Crippen molar-refractivity contribution in [2.24, 2.45) is 34.5 Å². The van der Waals surface area contributed by atoms with Crippen LogP contribution in [0, 0.1) is 34.5 Å². The topological polar surface area (TPSA) is 37.3 Å².